The summed E-state index contributed by atoms with van der Waals surface area (Å²) < 4.78 is 30.5. The standard InChI is InChI=1S/C9H13BrO2S.C8H10Br2O2S.C7H7BrOS.C6H4Br2OS.C4HBr3S.C4H11NO2.C4H4S.C3H9NO2.C2H7NO.2CH4.ClH/c1-6-5-7(10)8(13-6)9(2,11-3)12-4;1-8(11-2,12-3)7-5(9)4-6(10)13-7;1-4-3-6(8)7(10-4)5(2)9;1-3(9)6-4(7)2-5(8)10-6;5-2-1-3(6)8-4(2)7;1-4(6)5(2)7-3;1-2-4-5-3-1;1-3(5)4-6-2;1-3-4-2;;;/h5H,1-4H3;4H,1-3H3;3H,1-2H3;2H,1H3;1H;4,6H,1-3H3;1-4H;3-5H,1-2H3;3H,1-2H3;2*1H4;1H. The highest BCUT2D eigenvalue weighted by molar-refractivity contribution is 9.14. The van der Waals surface area contributed by atoms with Gasteiger partial charge in [0.15, 0.2) is 11.6 Å². The molecular formula is C49H75Br9ClN3O11S6. The summed E-state index contributed by atoms with van der Waals surface area (Å²) >= 11 is 39.9. The molecule has 4 N–H and O–H groups in total. The second kappa shape index (κ2) is 51.7. The summed E-state index contributed by atoms with van der Waals surface area (Å²) in [5, 5.41) is 22.4. The lowest BCUT2D eigenvalue weighted by atomic mass is 10.2. The van der Waals surface area contributed by atoms with Gasteiger partial charge in [-0.3, -0.25) is 9.59 Å². The third-order valence-electron chi connectivity index (χ3n) is 8.30. The van der Waals surface area contributed by atoms with Crippen molar-refractivity contribution < 1.29 is 53.3 Å². The summed E-state index contributed by atoms with van der Waals surface area (Å²) in [5.74, 6) is -1.08. The molecule has 6 heterocycles. The highest BCUT2D eigenvalue weighted by Crippen LogP contribution is 2.41. The van der Waals surface area contributed by atoms with E-state index in [4.69, 9.17) is 29.2 Å². The van der Waals surface area contributed by atoms with Crippen LogP contribution in [0, 0.1) is 13.8 Å². The van der Waals surface area contributed by atoms with Crippen molar-refractivity contribution in [1.82, 2.24) is 16.0 Å². The first-order valence-electron chi connectivity index (χ1n) is 21.2. The summed E-state index contributed by atoms with van der Waals surface area (Å²) in [5.41, 5.74) is 4.69. The fourth-order valence-electron chi connectivity index (χ4n) is 4.16. The molecule has 458 valence electrons. The first kappa shape index (κ1) is 91.8. The van der Waals surface area contributed by atoms with E-state index < -0.39 is 24.0 Å². The second-order valence-electron chi connectivity index (χ2n) is 14.1. The van der Waals surface area contributed by atoms with Crippen LogP contribution in [0.2, 0.25) is 0 Å². The van der Waals surface area contributed by atoms with Crippen molar-refractivity contribution in [1.29, 1.82) is 0 Å². The molecule has 6 aromatic rings. The Balaban J connectivity index is -0.000000193. The van der Waals surface area contributed by atoms with Gasteiger partial charge in [0.05, 0.1) is 56.0 Å². The van der Waals surface area contributed by atoms with Crippen molar-refractivity contribution in [2.24, 2.45) is 0 Å². The number of carbonyl (C=O) groups is 2. The Labute approximate surface area is 575 Å². The van der Waals surface area contributed by atoms with Crippen LogP contribution in [0.4, 0.5) is 0 Å². The molecule has 0 saturated carbocycles. The van der Waals surface area contributed by atoms with Gasteiger partial charge in [0.1, 0.15) is 12.5 Å². The molecule has 0 aliphatic rings. The number of Topliss-reactive ketones (excluding diaryl/α,β-unsaturated/α-hetero) is 2. The smallest absolute Gasteiger partial charge is 0.201 e. The lowest BCUT2D eigenvalue weighted by Crippen LogP contribution is -2.26. The van der Waals surface area contributed by atoms with Crippen LogP contribution in [0.5, 0.6) is 0 Å². The van der Waals surface area contributed by atoms with Crippen molar-refractivity contribution in [3.63, 3.8) is 0 Å². The maximum absolute atomic E-state index is 10.9. The Morgan fingerprint density at radius 1 is 0.582 bits per heavy atom. The Hall–Kier alpha value is 1.67. The van der Waals surface area contributed by atoms with Gasteiger partial charge in [0.2, 0.25) is 11.6 Å². The Morgan fingerprint density at radius 3 is 1.10 bits per heavy atom. The molecular weight excluding hydrogens is 1750 g/mol. The average Bonchev–Trinajstić information content (AvgIpc) is 4.25. The zero-order valence-electron chi connectivity index (χ0n) is 45.1. The number of thiophene rings is 6. The first-order valence-corrected chi connectivity index (χ1v) is 33.4. The summed E-state index contributed by atoms with van der Waals surface area (Å²) in [6.45, 7) is 14.2. The number of ketones is 2. The summed E-state index contributed by atoms with van der Waals surface area (Å²) in [6.07, 6.45) is -1.10. The molecule has 0 amide bonds. The Morgan fingerprint density at radius 2 is 0.937 bits per heavy atom. The van der Waals surface area contributed by atoms with Crippen molar-refractivity contribution >= 4 is 235 Å². The predicted octanol–water partition coefficient (Wildman–Crippen LogP) is 20.1. The third kappa shape index (κ3) is 40.7. The van der Waals surface area contributed by atoms with E-state index in [1.165, 1.54) is 46.8 Å². The molecule has 0 fully saturated rings. The molecule has 0 aromatic carbocycles. The first-order chi connectivity index (χ1) is 35.3. The zero-order chi connectivity index (χ0) is 59.5. The Kier molecular flexibility index (Phi) is 60.1. The number of hydroxylamine groups is 4. The number of halogens is 10. The van der Waals surface area contributed by atoms with Crippen molar-refractivity contribution in [2.75, 3.05) is 63.9 Å². The number of nitrogens with zero attached hydrogens (tertiary/aromatic N) is 1. The van der Waals surface area contributed by atoms with Crippen LogP contribution in [0.1, 0.15) is 95.2 Å². The van der Waals surface area contributed by atoms with Gasteiger partial charge in [-0.15, -0.1) is 69.1 Å². The number of carbonyl (C=O) groups excluding carboxylic acids is 2. The monoisotopic (exact) mass is 1820 g/mol. The maximum atomic E-state index is 10.9. The van der Waals surface area contributed by atoms with Gasteiger partial charge in [0.25, 0.3) is 0 Å². The van der Waals surface area contributed by atoms with Gasteiger partial charge in [-0.05, 0) is 240 Å². The maximum Gasteiger partial charge on any atom is 0.201 e. The van der Waals surface area contributed by atoms with Crippen LogP contribution in [0.25, 0.3) is 0 Å². The van der Waals surface area contributed by atoms with E-state index in [9.17, 15) is 9.59 Å². The molecule has 30 heteroatoms. The van der Waals surface area contributed by atoms with Gasteiger partial charge in [-0.1, -0.05) is 27.0 Å². The number of aryl methyl sites for hydroxylation is 2. The molecule has 0 saturated heterocycles. The Bertz CT molecular complexity index is 2300. The molecule has 2 unspecified atom stereocenters. The SMILES string of the molecule is Brc1cc(Br)c(Br)s1.C.C.CC(=O)c1sc(Br)cc1Br.CC(=O)c1sc(C)cc1Br.CNOC.COC(C)(OC)c1sc(Br)cc1Br.COC(C)(OC)c1sc(C)cc1Br.CON(C)C(C)O.CONC(C)O.Cl.c1ccsc1. The van der Waals surface area contributed by atoms with Crippen LogP contribution in [0.15, 0.2) is 90.7 Å². The molecule has 0 bridgehead atoms. The number of methoxy groups -OCH3 is 4. The quantitative estimate of drug-likeness (QED) is 0.0490. The summed E-state index contributed by atoms with van der Waals surface area (Å²) in [7, 11) is 14.4. The molecule has 0 radical (unpaired) electrons. The second-order valence-corrected chi connectivity index (χ2v) is 30.3. The van der Waals surface area contributed by atoms with Crippen LogP contribution in [-0.2, 0) is 45.0 Å². The molecule has 79 heavy (non-hydrogen) atoms. The number of aliphatic hydroxyl groups excluding tert-OH is 2. The van der Waals surface area contributed by atoms with E-state index in [0.717, 1.165) is 61.9 Å². The highest BCUT2D eigenvalue weighted by atomic mass is 79.9. The highest BCUT2D eigenvalue weighted by Gasteiger charge is 2.31. The minimum absolute atomic E-state index is 0. The van der Waals surface area contributed by atoms with Crippen molar-refractivity contribution in [3.8, 4) is 0 Å². The molecule has 6 rings (SSSR count). The van der Waals surface area contributed by atoms with Gasteiger partial charge < -0.3 is 43.7 Å². The minimum atomic E-state index is -0.671. The van der Waals surface area contributed by atoms with Crippen LogP contribution < -0.4 is 11.0 Å². The van der Waals surface area contributed by atoms with E-state index in [1.807, 2.05) is 67.9 Å². The number of hydrogen-bond acceptors (Lipinski definition) is 20. The zero-order valence-corrected chi connectivity index (χ0v) is 65.1. The number of rotatable bonds is 13. The van der Waals surface area contributed by atoms with E-state index in [1.54, 1.807) is 123 Å². The molecule has 0 spiro atoms. The summed E-state index contributed by atoms with van der Waals surface area (Å²) in [4.78, 5) is 41.0. The fourth-order valence-corrected chi connectivity index (χ4v) is 17.4. The topological polar surface area (TPSA) is 167 Å². The molecule has 2 atom stereocenters. The number of nitrogens with one attached hydrogen (secondary N) is 2. The predicted molar refractivity (Wildman–Crippen MR) is 372 cm³/mol. The van der Waals surface area contributed by atoms with Crippen LogP contribution in [0.3, 0.4) is 0 Å². The van der Waals surface area contributed by atoms with Crippen molar-refractivity contribution in [2.45, 2.75) is 94.3 Å². The normalized spacial score (nSPS) is 10.8. The summed E-state index contributed by atoms with van der Waals surface area (Å²) in [6, 6.07) is 13.9. The lowest BCUT2D eigenvalue weighted by molar-refractivity contribution is -0.200. The average molecular weight is 1830 g/mol. The molecule has 14 nitrogen and oxygen atoms in total. The van der Waals surface area contributed by atoms with Gasteiger partial charge in [-0.2, -0.15) is 21.9 Å². The van der Waals surface area contributed by atoms with E-state index in [-0.39, 0.29) is 38.8 Å². The fraction of sp³-hybridized carbons (Fsp3) is 0.469. The molecule has 0 aliphatic carbocycles. The number of aliphatic hydroxyl groups is 2. The van der Waals surface area contributed by atoms with Gasteiger partial charge >= 0.3 is 0 Å². The van der Waals surface area contributed by atoms with Crippen LogP contribution in [-0.4, -0.2) is 103 Å². The molecule has 6 aromatic heterocycles. The largest absolute Gasteiger partial charge is 0.377 e. The van der Waals surface area contributed by atoms with Crippen LogP contribution >= 0.6 is 224 Å². The van der Waals surface area contributed by atoms with Gasteiger partial charge in [-0.25, -0.2) is 5.48 Å². The van der Waals surface area contributed by atoms with E-state index >= 15 is 0 Å². The minimum Gasteiger partial charge on any atom is -0.377 e. The van der Waals surface area contributed by atoms with E-state index in [2.05, 4.69) is 182 Å². The number of ether oxygens (including phenoxy) is 4. The lowest BCUT2D eigenvalue weighted by Gasteiger charge is -2.25. The van der Waals surface area contributed by atoms with Crippen molar-refractivity contribution in [3.05, 3.63) is 120 Å². The number of hydrogen-bond donors (Lipinski definition) is 4. The van der Waals surface area contributed by atoms with E-state index in [0.29, 0.717) is 0 Å². The third-order valence-corrected chi connectivity index (χ3v) is 22.2. The molecule has 0 aliphatic heterocycles. The van der Waals surface area contributed by atoms with Gasteiger partial charge in [0, 0.05) is 74.7 Å².